The normalized spacial score (nSPS) is 21.8. The number of carbonyl (C=O) groups is 1. The summed E-state index contributed by atoms with van der Waals surface area (Å²) in [6.07, 6.45) is 2.19. The van der Waals surface area contributed by atoms with Gasteiger partial charge < -0.3 is 10.4 Å². The van der Waals surface area contributed by atoms with E-state index in [4.69, 9.17) is 0 Å². The van der Waals surface area contributed by atoms with Crippen molar-refractivity contribution in [3.63, 3.8) is 0 Å². The molecule has 1 amide bonds. The number of hydrogen-bond acceptors (Lipinski definition) is 3. The lowest BCUT2D eigenvalue weighted by Crippen LogP contribution is -2.64. The molecule has 19 heavy (non-hydrogen) atoms. The fourth-order valence-corrected chi connectivity index (χ4v) is 2.69. The smallest absolute Gasteiger partial charge is 0.238 e. The Labute approximate surface area is 111 Å². The minimum absolute atomic E-state index is 0.177. The van der Waals surface area contributed by atoms with Crippen molar-refractivity contribution in [3.05, 3.63) is 30.1 Å². The van der Waals surface area contributed by atoms with E-state index in [2.05, 4.69) is 5.32 Å². The van der Waals surface area contributed by atoms with E-state index in [1.54, 1.807) is 12.1 Å². The number of β-amino-alcohol motifs (C(OH)–C–C–N with tert-alkyl or cyclic N) is 1. The van der Waals surface area contributed by atoms with Crippen LogP contribution in [0.1, 0.15) is 12.8 Å². The highest BCUT2D eigenvalue weighted by Crippen LogP contribution is 2.44. The number of carbonyl (C=O) groups excluding carboxylic acids is 1. The fourth-order valence-electron chi connectivity index (χ4n) is 2.69. The van der Waals surface area contributed by atoms with Crippen molar-refractivity contribution in [1.82, 2.24) is 4.90 Å². The van der Waals surface area contributed by atoms with Crippen LogP contribution in [-0.2, 0) is 4.79 Å². The molecule has 1 saturated heterocycles. The third-order valence-corrected chi connectivity index (χ3v) is 3.81. The van der Waals surface area contributed by atoms with Crippen molar-refractivity contribution in [2.24, 2.45) is 5.92 Å². The van der Waals surface area contributed by atoms with Gasteiger partial charge in [0.1, 0.15) is 5.82 Å². The second kappa shape index (κ2) is 4.58. The van der Waals surface area contributed by atoms with E-state index < -0.39 is 5.60 Å². The number of nitrogens with one attached hydrogen (secondary N) is 1. The van der Waals surface area contributed by atoms with E-state index in [1.807, 2.05) is 4.90 Å². The first-order valence-electron chi connectivity index (χ1n) is 6.55. The highest BCUT2D eigenvalue weighted by molar-refractivity contribution is 5.92. The second-order valence-corrected chi connectivity index (χ2v) is 5.58. The molecule has 0 radical (unpaired) electrons. The van der Waals surface area contributed by atoms with Gasteiger partial charge in [-0.25, -0.2) is 4.39 Å². The molecule has 5 heteroatoms. The van der Waals surface area contributed by atoms with Crippen molar-refractivity contribution in [2.75, 3.05) is 25.0 Å². The number of halogens is 1. The van der Waals surface area contributed by atoms with Crippen molar-refractivity contribution in [3.8, 4) is 0 Å². The van der Waals surface area contributed by atoms with E-state index in [9.17, 15) is 14.3 Å². The molecular formula is C14H17FN2O2. The van der Waals surface area contributed by atoms with Gasteiger partial charge in [-0.05, 0) is 37.0 Å². The standard InChI is InChI=1S/C14H17FN2O2/c15-11-2-1-3-12(6-11)16-13(18)7-17-8-14(19,9-17)10-4-5-10/h1-3,6,10,19H,4-5,7-9H2,(H,16,18). The molecule has 0 unspecified atom stereocenters. The van der Waals surface area contributed by atoms with Gasteiger partial charge in [0.25, 0.3) is 0 Å². The molecule has 2 N–H and O–H groups in total. The molecular weight excluding hydrogens is 247 g/mol. The van der Waals surface area contributed by atoms with Gasteiger partial charge in [0.2, 0.25) is 5.91 Å². The SMILES string of the molecule is O=C(CN1CC(O)(C2CC2)C1)Nc1cccc(F)c1. The number of likely N-dealkylation sites (tertiary alicyclic amines) is 1. The Kier molecular flexibility index (Phi) is 3.03. The van der Waals surface area contributed by atoms with E-state index in [-0.39, 0.29) is 18.3 Å². The first kappa shape index (κ1) is 12.6. The molecule has 102 valence electrons. The Morgan fingerprint density at radius 3 is 2.84 bits per heavy atom. The summed E-state index contributed by atoms with van der Waals surface area (Å²) < 4.78 is 13.0. The third-order valence-electron chi connectivity index (χ3n) is 3.81. The first-order chi connectivity index (χ1) is 9.05. The van der Waals surface area contributed by atoms with Gasteiger partial charge in [-0.2, -0.15) is 0 Å². The molecule has 0 spiro atoms. The largest absolute Gasteiger partial charge is 0.387 e. The first-order valence-corrected chi connectivity index (χ1v) is 6.55. The van der Waals surface area contributed by atoms with Crippen LogP contribution in [0.4, 0.5) is 10.1 Å². The molecule has 1 aliphatic carbocycles. The molecule has 0 aromatic heterocycles. The number of anilines is 1. The van der Waals surface area contributed by atoms with Gasteiger partial charge in [-0.3, -0.25) is 9.69 Å². The average molecular weight is 264 g/mol. The second-order valence-electron chi connectivity index (χ2n) is 5.58. The van der Waals surface area contributed by atoms with E-state index in [0.29, 0.717) is 24.7 Å². The minimum Gasteiger partial charge on any atom is -0.387 e. The molecule has 0 atom stereocenters. The van der Waals surface area contributed by atoms with Gasteiger partial charge in [-0.15, -0.1) is 0 Å². The Bertz CT molecular complexity index is 496. The molecule has 1 aromatic carbocycles. The minimum atomic E-state index is -0.570. The maximum Gasteiger partial charge on any atom is 0.238 e. The fraction of sp³-hybridized carbons (Fsp3) is 0.500. The predicted octanol–water partition coefficient (Wildman–Crippen LogP) is 1.22. The molecule has 4 nitrogen and oxygen atoms in total. The Balaban J connectivity index is 1.47. The molecule has 1 aliphatic heterocycles. The number of aliphatic hydroxyl groups is 1. The monoisotopic (exact) mass is 264 g/mol. The summed E-state index contributed by atoms with van der Waals surface area (Å²) in [6.45, 7) is 1.37. The summed E-state index contributed by atoms with van der Waals surface area (Å²) >= 11 is 0. The zero-order chi connectivity index (χ0) is 13.5. The van der Waals surface area contributed by atoms with Crippen molar-refractivity contribution in [2.45, 2.75) is 18.4 Å². The highest BCUT2D eigenvalue weighted by atomic mass is 19.1. The lowest BCUT2D eigenvalue weighted by molar-refractivity contribution is -0.132. The number of rotatable bonds is 4. The zero-order valence-electron chi connectivity index (χ0n) is 10.6. The molecule has 1 saturated carbocycles. The van der Waals surface area contributed by atoms with E-state index in [1.165, 1.54) is 12.1 Å². The van der Waals surface area contributed by atoms with E-state index in [0.717, 1.165) is 12.8 Å². The average Bonchev–Trinajstić information content (AvgIpc) is 3.10. The van der Waals surface area contributed by atoms with Crippen LogP contribution in [0.2, 0.25) is 0 Å². The maximum absolute atomic E-state index is 13.0. The van der Waals surface area contributed by atoms with Gasteiger partial charge in [0.05, 0.1) is 12.1 Å². The van der Waals surface area contributed by atoms with Crippen molar-refractivity contribution >= 4 is 11.6 Å². The van der Waals surface area contributed by atoms with Crippen LogP contribution >= 0.6 is 0 Å². The number of amides is 1. The summed E-state index contributed by atoms with van der Waals surface area (Å²) in [7, 11) is 0. The van der Waals surface area contributed by atoms with Gasteiger partial charge in [-0.1, -0.05) is 6.07 Å². The molecule has 3 rings (SSSR count). The highest BCUT2D eigenvalue weighted by Gasteiger charge is 2.51. The lowest BCUT2D eigenvalue weighted by Gasteiger charge is -2.46. The van der Waals surface area contributed by atoms with Crippen LogP contribution in [-0.4, -0.2) is 41.1 Å². The molecule has 1 heterocycles. The Morgan fingerprint density at radius 2 is 2.21 bits per heavy atom. The van der Waals surface area contributed by atoms with Crippen LogP contribution in [0.5, 0.6) is 0 Å². The Hall–Kier alpha value is -1.46. The number of benzene rings is 1. The van der Waals surface area contributed by atoms with Gasteiger partial charge in [0.15, 0.2) is 0 Å². The van der Waals surface area contributed by atoms with Gasteiger partial charge in [0, 0.05) is 18.8 Å². The van der Waals surface area contributed by atoms with E-state index >= 15 is 0 Å². The predicted molar refractivity (Wildman–Crippen MR) is 69.1 cm³/mol. The molecule has 2 aliphatic rings. The number of hydrogen-bond donors (Lipinski definition) is 2. The summed E-state index contributed by atoms with van der Waals surface area (Å²) in [5.41, 5.74) is -0.109. The van der Waals surface area contributed by atoms with Gasteiger partial charge >= 0.3 is 0 Å². The molecule has 2 fully saturated rings. The third kappa shape index (κ3) is 2.77. The molecule has 1 aromatic rings. The summed E-state index contributed by atoms with van der Waals surface area (Å²) in [5, 5.41) is 12.8. The quantitative estimate of drug-likeness (QED) is 0.859. The Morgan fingerprint density at radius 1 is 1.47 bits per heavy atom. The van der Waals surface area contributed by atoms with Crippen LogP contribution in [0.3, 0.4) is 0 Å². The number of nitrogens with zero attached hydrogens (tertiary/aromatic N) is 1. The van der Waals surface area contributed by atoms with Crippen LogP contribution in [0, 0.1) is 11.7 Å². The van der Waals surface area contributed by atoms with Crippen LogP contribution in [0.25, 0.3) is 0 Å². The summed E-state index contributed by atoms with van der Waals surface area (Å²) in [5.74, 6) is -0.122. The zero-order valence-corrected chi connectivity index (χ0v) is 10.6. The maximum atomic E-state index is 13.0. The summed E-state index contributed by atoms with van der Waals surface area (Å²) in [6, 6.07) is 5.83. The van der Waals surface area contributed by atoms with Crippen molar-refractivity contribution < 1.29 is 14.3 Å². The van der Waals surface area contributed by atoms with Crippen LogP contribution < -0.4 is 5.32 Å². The van der Waals surface area contributed by atoms with Crippen LogP contribution in [0.15, 0.2) is 24.3 Å². The van der Waals surface area contributed by atoms with Crippen molar-refractivity contribution in [1.29, 1.82) is 0 Å². The molecule has 0 bridgehead atoms. The lowest BCUT2D eigenvalue weighted by atomic mass is 9.89. The topological polar surface area (TPSA) is 52.6 Å². The summed E-state index contributed by atoms with van der Waals surface area (Å²) in [4.78, 5) is 13.7.